The summed E-state index contributed by atoms with van der Waals surface area (Å²) in [6, 6.07) is 11.6. The lowest BCUT2D eigenvalue weighted by Gasteiger charge is -2.09. The first-order chi connectivity index (χ1) is 13.9. The molecule has 0 N–H and O–H groups in total. The predicted octanol–water partition coefficient (Wildman–Crippen LogP) is 3.77. The molecule has 3 aromatic rings. The van der Waals surface area contributed by atoms with Crippen molar-refractivity contribution in [3.05, 3.63) is 69.6 Å². The van der Waals surface area contributed by atoms with Crippen LogP contribution in [0.2, 0.25) is 0 Å². The lowest BCUT2D eigenvalue weighted by Crippen LogP contribution is -2.10. The highest BCUT2D eigenvalue weighted by Crippen LogP contribution is 2.21. The minimum Gasteiger partial charge on any atom is -0.493 e. The monoisotopic (exact) mass is 397 g/mol. The summed E-state index contributed by atoms with van der Waals surface area (Å²) in [4.78, 5) is 26.2. The number of hydrogen-bond acceptors (Lipinski definition) is 8. The van der Waals surface area contributed by atoms with Gasteiger partial charge in [-0.15, -0.1) is 0 Å². The van der Waals surface area contributed by atoms with E-state index in [1.165, 1.54) is 24.3 Å². The second kappa shape index (κ2) is 8.96. The number of nitrogens with zero attached hydrogens (tertiary/aromatic N) is 3. The van der Waals surface area contributed by atoms with Crippen molar-refractivity contribution in [1.29, 1.82) is 0 Å². The van der Waals surface area contributed by atoms with E-state index in [1.807, 2.05) is 32.0 Å². The van der Waals surface area contributed by atoms with Crippen molar-refractivity contribution in [1.82, 2.24) is 10.1 Å². The Morgan fingerprint density at radius 1 is 1.17 bits per heavy atom. The molecule has 0 saturated heterocycles. The number of ether oxygens (including phenoxy) is 2. The number of nitro benzene ring substituents is 1. The van der Waals surface area contributed by atoms with Crippen molar-refractivity contribution in [3.8, 4) is 17.1 Å². The van der Waals surface area contributed by atoms with E-state index in [-0.39, 0.29) is 37.0 Å². The molecule has 1 heterocycles. The normalized spacial score (nSPS) is 10.6. The van der Waals surface area contributed by atoms with Gasteiger partial charge in [-0.25, -0.2) is 0 Å². The first kappa shape index (κ1) is 20.0. The first-order valence-electron chi connectivity index (χ1n) is 8.85. The molecule has 0 fully saturated rings. The quantitative estimate of drug-likeness (QED) is 0.320. The van der Waals surface area contributed by atoms with Gasteiger partial charge >= 0.3 is 5.97 Å². The highest BCUT2D eigenvalue weighted by atomic mass is 16.6. The number of aryl methyl sites for hydroxylation is 2. The van der Waals surface area contributed by atoms with E-state index in [9.17, 15) is 14.9 Å². The van der Waals surface area contributed by atoms with Gasteiger partial charge in [-0.1, -0.05) is 17.3 Å². The first-order valence-corrected chi connectivity index (χ1v) is 8.85. The fourth-order valence-corrected chi connectivity index (χ4v) is 2.48. The van der Waals surface area contributed by atoms with Gasteiger partial charge in [0.15, 0.2) is 6.61 Å². The molecule has 0 aliphatic heterocycles. The van der Waals surface area contributed by atoms with Gasteiger partial charge in [0.05, 0.1) is 18.0 Å². The highest BCUT2D eigenvalue weighted by molar-refractivity contribution is 5.69. The molecule has 0 radical (unpaired) electrons. The average Bonchev–Trinajstić information content (AvgIpc) is 3.18. The molecule has 0 aliphatic rings. The van der Waals surface area contributed by atoms with Crippen LogP contribution in [0.15, 0.2) is 47.0 Å². The van der Waals surface area contributed by atoms with Crippen molar-refractivity contribution >= 4 is 11.7 Å². The Bertz CT molecular complexity index is 1010. The van der Waals surface area contributed by atoms with Gasteiger partial charge in [-0.3, -0.25) is 14.9 Å². The Morgan fingerprint density at radius 2 is 1.93 bits per heavy atom. The second-order valence-electron chi connectivity index (χ2n) is 6.34. The fourth-order valence-electron chi connectivity index (χ4n) is 2.48. The van der Waals surface area contributed by atoms with Gasteiger partial charge in [0, 0.05) is 17.7 Å². The van der Waals surface area contributed by atoms with Crippen LogP contribution < -0.4 is 4.74 Å². The molecule has 1 aromatic heterocycles. The molecule has 3 rings (SSSR count). The Balaban J connectivity index is 1.47. The maximum absolute atomic E-state index is 11.9. The number of non-ortho nitro benzene ring substituents is 1. The number of hydrogen-bond donors (Lipinski definition) is 0. The summed E-state index contributed by atoms with van der Waals surface area (Å²) in [6.45, 7) is 3.93. The molecular weight excluding hydrogens is 378 g/mol. The molecule has 0 bridgehead atoms. The maximum Gasteiger partial charge on any atom is 0.309 e. The third kappa shape index (κ3) is 5.38. The summed E-state index contributed by atoms with van der Waals surface area (Å²) in [5, 5.41) is 14.5. The standard InChI is InChI=1S/C20H19N3O6/c1-13-3-4-14(2)17(11-13)27-10-9-19(24)28-12-18-21-20(22-29-18)15-5-7-16(8-6-15)23(25)26/h3-8,11H,9-10,12H2,1-2H3. The number of rotatable bonds is 8. The van der Waals surface area contributed by atoms with Crippen LogP contribution >= 0.6 is 0 Å². The molecule has 2 aromatic carbocycles. The van der Waals surface area contributed by atoms with Crippen LogP contribution in [0.25, 0.3) is 11.4 Å². The van der Waals surface area contributed by atoms with Crippen LogP contribution in [0.4, 0.5) is 5.69 Å². The largest absolute Gasteiger partial charge is 0.493 e. The third-order valence-corrected chi connectivity index (χ3v) is 4.07. The van der Waals surface area contributed by atoms with Crippen molar-refractivity contribution in [2.24, 2.45) is 0 Å². The van der Waals surface area contributed by atoms with Gasteiger partial charge in [0.25, 0.3) is 11.6 Å². The summed E-state index contributed by atoms with van der Waals surface area (Å²) in [6.07, 6.45) is 0.0801. The molecule has 0 saturated carbocycles. The van der Waals surface area contributed by atoms with E-state index < -0.39 is 10.9 Å². The Hall–Kier alpha value is -3.75. The summed E-state index contributed by atoms with van der Waals surface area (Å²) in [7, 11) is 0. The summed E-state index contributed by atoms with van der Waals surface area (Å²) in [5.74, 6) is 0.666. The molecule has 9 heteroatoms. The third-order valence-electron chi connectivity index (χ3n) is 4.07. The van der Waals surface area contributed by atoms with Crippen molar-refractivity contribution in [2.45, 2.75) is 26.9 Å². The van der Waals surface area contributed by atoms with E-state index in [2.05, 4.69) is 10.1 Å². The number of carbonyl (C=O) groups excluding carboxylic acids is 1. The predicted molar refractivity (Wildman–Crippen MR) is 102 cm³/mol. The van der Waals surface area contributed by atoms with Gasteiger partial charge in [0.1, 0.15) is 5.75 Å². The fraction of sp³-hybridized carbons (Fsp3) is 0.250. The molecule has 150 valence electrons. The molecule has 0 spiro atoms. The lowest BCUT2D eigenvalue weighted by atomic mass is 10.1. The van der Waals surface area contributed by atoms with E-state index in [1.54, 1.807) is 0 Å². The maximum atomic E-state index is 11.9. The molecule has 0 aliphatic carbocycles. The van der Waals surface area contributed by atoms with Crippen molar-refractivity contribution < 1.29 is 23.7 Å². The zero-order chi connectivity index (χ0) is 20.8. The van der Waals surface area contributed by atoms with Crippen LogP contribution in [-0.2, 0) is 16.1 Å². The van der Waals surface area contributed by atoms with Gasteiger partial charge in [0.2, 0.25) is 5.82 Å². The summed E-state index contributed by atoms with van der Waals surface area (Å²) in [5.41, 5.74) is 2.59. The van der Waals surface area contributed by atoms with Crippen molar-refractivity contribution in [3.63, 3.8) is 0 Å². The van der Waals surface area contributed by atoms with E-state index in [0.717, 1.165) is 16.9 Å². The van der Waals surface area contributed by atoms with E-state index in [0.29, 0.717) is 5.56 Å². The molecule has 0 amide bonds. The smallest absolute Gasteiger partial charge is 0.309 e. The number of aromatic nitrogens is 2. The number of nitro groups is 1. The van der Waals surface area contributed by atoms with Crippen LogP contribution in [0, 0.1) is 24.0 Å². The van der Waals surface area contributed by atoms with E-state index >= 15 is 0 Å². The summed E-state index contributed by atoms with van der Waals surface area (Å²) >= 11 is 0. The van der Waals surface area contributed by atoms with E-state index in [4.69, 9.17) is 14.0 Å². The Labute approximate surface area is 166 Å². The van der Waals surface area contributed by atoms with Gasteiger partial charge < -0.3 is 14.0 Å². The molecule has 29 heavy (non-hydrogen) atoms. The van der Waals surface area contributed by atoms with Gasteiger partial charge in [-0.05, 0) is 43.2 Å². The second-order valence-corrected chi connectivity index (χ2v) is 6.34. The van der Waals surface area contributed by atoms with Crippen LogP contribution in [0.5, 0.6) is 5.75 Å². The van der Waals surface area contributed by atoms with Crippen LogP contribution in [0.3, 0.4) is 0 Å². The summed E-state index contributed by atoms with van der Waals surface area (Å²) < 4.78 is 15.8. The number of carbonyl (C=O) groups is 1. The topological polar surface area (TPSA) is 118 Å². The Kier molecular flexibility index (Phi) is 6.18. The van der Waals surface area contributed by atoms with Crippen LogP contribution in [-0.4, -0.2) is 27.6 Å². The zero-order valence-electron chi connectivity index (χ0n) is 16.0. The number of benzene rings is 2. The van der Waals surface area contributed by atoms with Gasteiger partial charge in [-0.2, -0.15) is 4.98 Å². The Morgan fingerprint density at radius 3 is 2.66 bits per heavy atom. The minimum absolute atomic E-state index is 0.0329. The highest BCUT2D eigenvalue weighted by Gasteiger charge is 2.13. The average molecular weight is 397 g/mol. The zero-order valence-corrected chi connectivity index (χ0v) is 16.0. The number of esters is 1. The molecule has 0 unspecified atom stereocenters. The SMILES string of the molecule is Cc1ccc(C)c(OCCC(=O)OCc2nc(-c3ccc([N+](=O)[O-])cc3)no2)c1. The van der Waals surface area contributed by atoms with Crippen molar-refractivity contribution in [2.75, 3.05) is 6.61 Å². The molecular formula is C20H19N3O6. The van der Waals surface area contributed by atoms with Crippen LogP contribution in [0.1, 0.15) is 23.4 Å². The lowest BCUT2D eigenvalue weighted by molar-refractivity contribution is -0.384. The molecule has 0 atom stereocenters. The molecule has 9 nitrogen and oxygen atoms in total. The minimum atomic E-state index is -0.491.